The lowest BCUT2D eigenvalue weighted by atomic mass is 10.0. The van der Waals surface area contributed by atoms with E-state index in [0.717, 1.165) is 29.7 Å². The number of carboxylic acid groups (broad SMARTS) is 2. The number of benzene rings is 3. The van der Waals surface area contributed by atoms with Crippen molar-refractivity contribution >= 4 is 23.9 Å². The SMILES string of the molecule is C=CC(=O)OCCCCCOc1ccc(C(=O)Oc2ccc(-c3ccc(C4OC(C(=O)O)C(C(=O)O)O4)cc3)cc2)c(F)c1. The monoisotopic (exact) mass is 608 g/mol. The summed E-state index contributed by atoms with van der Waals surface area (Å²) in [6, 6.07) is 17.0. The molecule has 0 saturated carbocycles. The van der Waals surface area contributed by atoms with Gasteiger partial charge >= 0.3 is 23.9 Å². The summed E-state index contributed by atoms with van der Waals surface area (Å²) in [6.07, 6.45) is -1.23. The standard InChI is InChI=1S/C32H29FO11/c1-2-26(34)41-17-5-3-4-16-40-23-14-15-24(25(33)18-23)31(39)42-22-12-10-20(11-13-22)19-6-8-21(9-7-19)32-43-27(29(35)36)28(44-32)30(37)38/h2,6-15,18,27-28,32H,1,3-5,16-17H2,(H,35,36)(H,37,38). The van der Waals surface area contributed by atoms with Gasteiger partial charge in [0.15, 0.2) is 18.5 Å². The van der Waals surface area contributed by atoms with Gasteiger partial charge in [-0.3, -0.25) is 0 Å². The minimum atomic E-state index is -1.63. The predicted molar refractivity (Wildman–Crippen MR) is 151 cm³/mol. The van der Waals surface area contributed by atoms with Crippen LogP contribution in [0.15, 0.2) is 79.4 Å². The van der Waals surface area contributed by atoms with E-state index in [4.69, 9.17) is 23.7 Å². The van der Waals surface area contributed by atoms with Gasteiger partial charge in [-0.05, 0) is 54.7 Å². The minimum Gasteiger partial charge on any atom is -0.493 e. The van der Waals surface area contributed by atoms with Crippen LogP contribution in [0.2, 0.25) is 0 Å². The Balaban J connectivity index is 1.27. The molecule has 3 aromatic rings. The third kappa shape index (κ3) is 8.27. The highest BCUT2D eigenvalue weighted by atomic mass is 19.1. The number of aliphatic carboxylic acids is 2. The van der Waals surface area contributed by atoms with E-state index in [-0.39, 0.29) is 23.7 Å². The molecule has 4 rings (SSSR count). The summed E-state index contributed by atoms with van der Waals surface area (Å²) in [5, 5.41) is 18.4. The molecule has 2 N–H and O–H groups in total. The van der Waals surface area contributed by atoms with Gasteiger partial charge in [-0.1, -0.05) is 43.0 Å². The van der Waals surface area contributed by atoms with Gasteiger partial charge in [0, 0.05) is 17.7 Å². The topological polar surface area (TPSA) is 155 Å². The third-order valence-electron chi connectivity index (χ3n) is 6.51. The number of carbonyl (C=O) groups excluding carboxylic acids is 2. The molecule has 0 amide bonds. The van der Waals surface area contributed by atoms with Crippen LogP contribution in [0.1, 0.15) is 41.5 Å². The average molecular weight is 609 g/mol. The van der Waals surface area contributed by atoms with Crippen molar-refractivity contribution < 1.29 is 57.5 Å². The Morgan fingerprint density at radius 1 is 0.795 bits per heavy atom. The number of rotatable bonds is 14. The molecule has 0 aromatic heterocycles. The van der Waals surface area contributed by atoms with Crippen molar-refractivity contribution in [3.8, 4) is 22.6 Å². The zero-order chi connectivity index (χ0) is 31.6. The van der Waals surface area contributed by atoms with Crippen LogP contribution < -0.4 is 9.47 Å². The first-order chi connectivity index (χ1) is 21.2. The lowest BCUT2D eigenvalue weighted by Crippen LogP contribution is -2.36. The number of unbranched alkanes of at least 4 members (excludes halogenated alkanes) is 2. The molecular weight excluding hydrogens is 579 g/mol. The van der Waals surface area contributed by atoms with Crippen LogP contribution in [0.25, 0.3) is 11.1 Å². The first-order valence-corrected chi connectivity index (χ1v) is 13.6. The number of hydrogen-bond donors (Lipinski definition) is 2. The first kappa shape index (κ1) is 31.9. The zero-order valence-electron chi connectivity index (χ0n) is 23.3. The van der Waals surface area contributed by atoms with Crippen molar-refractivity contribution in [2.45, 2.75) is 37.8 Å². The molecule has 11 nitrogen and oxygen atoms in total. The van der Waals surface area contributed by atoms with Crippen LogP contribution in [0.4, 0.5) is 4.39 Å². The molecule has 1 aliphatic rings. The van der Waals surface area contributed by atoms with E-state index in [9.17, 15) is 33.8 Å². The maximum absolute atomic E-state index is 14.6. The van der Waals surface area contributed by atoms with Gasteiger partial charge in [0.1, 0.15) is 17.3 Å². The van der Waals surface area contributed by atoms with Gasteiger partial charge in [0.2, 0.25) is 0 Å². The Labute approximate surface area is 251 Å². The Hall–Kier alpha value is -5.07. The second-order valence-electron chi connectivity index (χ2n) is 9.58. The molecule has 44 heavy (non-hydrogen) atoms. The van der Waals surface area contributed by atoms with Gasteiger partial charge in [-0.2, -0.15) is 0 Å². The van der Waals surface area contributed by atoms with Crippen LogP contribution in [0, 0.1) is 5.82 Å². The maximum atomic E-state index is 14.6. The van der Waals surface area contributed by atoms with Gasteiger partial charge in [0.05, 0.1) is 18.8 Å². The molecule has 0 aliphatic carbocycles. The molecular formula is C32H29FO11. The second-order valence-corrected chi connectivity index (χ2v) is 9.58. The van der Waals surface area contributed by atoms with Crippen molar-refractivity contribution in [1.29, 1.82) is 0 Å². The highest BCUT2D eigenvalue weighted by Crippen LogP contribution is 2.33. The molecule has 2 atom stereocenters. The van der Waals surface area contributed by atoms with Gasteiger partial charge in [0.25, 0.3) is 0 Å². The van der Waals surface area contributed by atoms with Gasteiger partial charge in [-0.25, -0.2) is 23.6 Å². The van der Waals surface area contributed by atoms with E-state index in [1.807, 2.05) is 0 Å². The highest BCUT2D eigenvalue weighted by Gasteiger charge is 2.46. The zero-order valence-corrected chi connectivity index (χ0v) is 23.3. The van der Waals surface area contributed by atoms with Crippen molar-refractivity contribution in [3.05, 3.63) is 96.3 Å². The van der Waals surface area contributed by atoms with Crippen LogP contribution >= 0.6 is 0 Å². The fourth-order valence-corrected chi connectivity index (χ4v) is 4.24. The summed E-state index contributed by atoms with van der Waals surface area (Å²) < 4.78 is 40.9. The summed E-state index contributed by atoms with van der Waals surface area (Å²) in [5.74, 6) is -4.55. The van der Waals surface area contributed by atoms with Crippen molar-refractivity contribution in [1.82, 2.24) is 0 Å². The van der Waals surface area contributed by atoms with E-state index >= 15 is 0 Å². The van der Waals surface area contributed by atoms with Gasteiger partial charge < -0.3 is 33.9 Å². The average Bonchev–Trinajstić information content (AvgIpc) is 3.48. The first-order valence-electron chi connectivity index (χ1n) is 13.6. The smallest absolute Gasteiger partial charge is 0.346 e. The Kier molecular flexibility index (Phi) is 10.8. The largest absolute Gasteiger partial charge is 0.493 e. The van der Waals surface area contributed by atoms with Crippen LogP contribution in [-0.2, 0) is 28.6 Å². The fraction of sp³-hybridized carbons (Fsp3) is 0.250. The van der Waals surface area contributed by atoms with Crippen LogP contribution in [-0.4, -0.2) is 59.5 Å². The maximum Gasteiger partial charge on any atom is 0.346 e. The molecule has 0 radical (unpaired) electrons. The summed E-state index contributed by atoms with van der Waals surface area (Å²) in [4.78, 5) is 46.2. The summed E-state index contributed by atoms with van der Waals surface area (Å²) in [6.45, 7) is 3.93. The Morgan fingerprint density at radius 2 is 1.36 bits per heavy atom. The summed E-state index contributed by atoms with van der Waals surface area (Å²) in [5.41, 5.74) is 1.69. The van der Waals surface area contributed by atoms with E-state index in [1.165, 1.54) is 12.1 Å². The molecule has 1 heterocycles. The predicted octanol–water partition coefficient (Wildman–Crippen LogP) is 4.94. The number of hydrogen-bond acceptors (Lipinski definition) is 9. The minimum absolute atomic E-state index is 0.195. The van der Waals surface area contributed by atoms with Crippen molar-refractivity contribution in [2.24, 2.45) is 0 Å². The van der Waals surface area contributed by atoms with Crippen LogP contribution in [0.5, 0.6) is 11.5 Å². The molecule has 1 saturated heterocycles. The number of esters is 2. The number of ether oxygens (including phenoxy) is 5. The number of carboxylic acids is 2. The fourth-order valence-electron chi connectivity index (χ4n) is 4.24. The van der Waals surface area contributed by atoms with Crippen molar-refractivity contribution in [2.75, 3.05) is 13.2 Å². The highest BCUT2D eigenvalue weighted by molar-refractivity contribution is 5.91. The van der Waals surface area contributed by atoms with E-state index in [0.29, 0.717) is 25.0 Å². The molecule has 0 bridgehead atoms. The van der Waals surface area contributed by atoms with E-state index < -0.39 is 48.2 Å². The Morgan fingerprint density at radius 3 is 1.93 bits per heavy atom. The molecule has 230 valence electrons. The molecule has 0 spiro atoms. The lowest BCUT2D eigenvalue weighted by molar-refractivity contribution is -0.156. The molecule has 1 aliphatic heterocycles. The normalized spacial score (nSPS) is 17.4. The lowest BCUT2D eigenvalue weighted by Gasteiger charge is -2.11. The quantitative estimate of drug-likeness (QED) is 0.111. The molecule has 1 fully saturated rings. The second kappa shape index (κ2) is 14.9. The molecule has 12 heteroatoms. The summed E-state index contributed by atoms with van der Waals surface area (Å²) in [7, 11) is 0. The number of halogens is 1. The third-order valence-corrected chi connectivity index (χ3v) is 6.51. The van der Waals surface area contributed by atoms with Crippen LogP contribution in [0.3, 0.4) is 0 Å². The Bertz CT molecular complexity index is 1480. The van der Waals surface area contributed by atoms with Crippen molar-refractivity contribution in [3.63, 3.8) is 0 Å². The number of carbonyl (C=O) groups is 4. The van der Waals surface area contributed by atoms with E-state index in [2.05, 4.69) is 6.58 Å². The molecule has 3 aromatic carbocycles. The molecule has 2 unspecified atom stereocenters. The van der Waals surface area contributed by atoms with Gasteiger partial charge in [-0.15, -0.1) is 0 Å². The van der Waals surface area contributed by atoms with E-state index in [1.54, 1.807) is 48.5 Å². The summed E-state index contributed by atoms with van der Waals surface area (Å²) >= 11 is 0.